The van der Waals surface area contributed by atoms with Crippen LogP contribution in [0.1, 0.15) is 25.5 Å². The van der Waals surface area contributed by atoms with Gasteiger partial charge >= 0.3 is 5.97 Å². The van der Waals surface area contributed by atoms with Gasteiger partial charge in [0.05, 0.1) is 0 Å². The van der Waals surface area contributed by atoms with Gasteiger partial charge < -0.3 is 9.47 Å². The maximum Gasteiger partial charge on any atom is 0.342 e. The van der Waals surface area contributed by atoms with Crippen molar-refractivity contribution in [2.45, 2.75) is 25.7 Å². The number of esters is 1. The number of hydrogen-bond donors (Lipinski definition) is 0. The molecule has 0 spiro atoms. The molecule has 3 nitrogen and oxygen atoms in total. The van der Waals surface area contributed by atoms with E-state index < -0.39 is 11.9 Å². The second kappa shape index (κ2) is 3.61. The summed E-state index contributed by atoms with van der Waals surface area (Å²) in [4.78, 5) is 11.5. The molecule has 1 fully saturated rings. The van der Waals surface area contributed by atoms with Gasteiger partial charge in [0.15, 0.2) is 6.10 Å². The molecule has 1 atom stereocenters. The van der Waals surface area contributed by atoms with Gasteiger partial charge in [-0.05, 0) is 17.7 Å². The van der Waals surface area contributed by atoms with Crippen molar-refractivity contribution >= 4 is 21.9 Å². The lowest BCUT2D eigenvalue weighted by atomic mass is 10.1. The second-order valence-electron chi connectivity index (χ2n) is 3.87. The summed E-state index contributed by atoms with van der Waals surface area (Å²) in [6, 6.07) is 7.43. The molecule has 1 aromatic carbocycles. The van der Waals surface area contributed by atoms with Gasteiger partial charge in [-0.2, -0.15) is 0 Å². The predicted octanol–water partition coefficient (Wildman–Crippen LogP) is 2.80. The number of rotatable bonds is 1. The summed E-state index contributed by atoms with van der Waals surface area (Å²) in [5.74, 6) is -1.16. The van der Waals surface area contributed by atoms with Gasteiger partial charge in [-0.25, -0.2) is 4.79 Å². The highest BCUT2D eigenvalue weighted by Gasteiger charge is 2.41. The van der Waals surface area contributed by atoms with E-state index in [2.05, 4.69) is 15.9 Å². The summed E-state index contributed by atoms with van der Waals surface area (Å²) in [6.07, 6.45) is -0.604. The number of carbonyl (C=O) groups excluding carboxylic acids is 1. The summed E-state index contributed by atoms with van der Waals surface area (Å²) in [6.45, 7) is 3.45. The van der Waals surface area contributed by atoms with E-state index in [1.807, 2.05) is 24.3 Å². The van der Waals surface area contributed by atoms with E-state index in [0.29, 0.717) is 0 Å². The van der Waals surface area contributed by atoms with Crippen LogP contribution in [0.15, 0.2) is 28.7 Å². The fourth-order valence-corrected chi connectivity index (χ4v) is 1.76. The Morgan fingerprint density at radius 3 is 2.33 bits per heavy atom. The van der Waals surface area contributed by atoms with Gasteiger partial charge in [0.2, 0.25) is 5.79 Å². The van der Waals surface area contributed by atoms with Crippen molar-refractivity contribution in [1.29, 1.82) is 0 Å². The fraction of sp³-hybridized carbons (Fsp3) is 0.364. The first-order valence-electron chi connectivity index (χ1n) is 4.64. The molecule has 1 aliphatic heterocycles. The molecule has 1 unspecified atom stereocenters. The Bertz CT molecular complexity index is 383. The lowest BCUT2D eigenvalue weighted by Crippen LogP contribution is -2.20. The monoisotopic (exact) mass is 270 g/mol. The zero-order valence-corrected chi connectivity index (χ0v) is 10.1. The SMILES string of the molecule is CC1(C)OC(=O)C(c2ccc(Br)cc2)O1. The van der Waals surface area contributed by atoms with Crippen LogP contribution >= 0.6 is 15.9 Å². The Morgan fingerprint density at radius 2 is 1.87 bits per heavy atom. The van der Waals surface area contributed by atoms with Crippen LogP contribution in [0.4, 0.5) is 0 Å². The van der Waals surface area contributed by atoms with Gasteiger partial charge in [-0.15, -0.1) is 0 Å². The van der Waals surface area contributed by atoms with Crippen molar-refractivity contribution in [3.8, 4) is 0 Å². The summed E-state index contributed by atoms with van der Waals surface area (Å²) >= 11 is 3.33. The van der Waals surface area contributed by atoms with Crippen LogP contribution in [0, 0.1) is 0 Å². The maximum absolute atomic E-state index is 11.5. The third kappa shape index (κ3) is 2.21. The van der Waals surface area contributed by atoms with Crippen molar-refractivity contribution in [3.05, 3.63) is 34.3 Å². The summed E-state index contributed by atoms with van der Waals surface area (Å²) in [5.41, 5.74) is 0.814. The first kappa shape index (κ1) is 10.6. The minimum absolute atomic E-state index is 0.331. The molecule has 2 rings (SSSR count). The standard InChI is InChI=1S/C11H11BrO3/c1-11(2)14-9(10(13)15-11)7-3-5-8(12)6-4-7/h3-6,9H,1-2H3. The lowest BCUT2D eigenvalue weighted by Gasteiger charge is -2.15. The highest BCUT2D eigenvalue weighted by molar-refractivity contribution is 9.10. The smallest absolute Gasteiger partial charge is 0.342 e. The van der Waals surface area contributed by atoms with Crippen LogP contribution in [-0.4, -0.2) is 11.8 Å². The lowest BCUT2D eigenvalue weighted by molar-refractivity contribution is -0.160. The van der Waals surface area contributed by atoms with Gasteiger partial charge in [-0.3, -0.25) is 0 Å². The third-order valence-corrected chi connectivity index (χ3v) is 2.66. The average Bonchev–Trinajstić information content (AvgIpc) is 2.41. The van der Waals surface area contributed by atoms with Crippen molar-refractivity contribution < 1.29 is 14.3 Å². The minimum atomic E-state index is -0.825. The van der Waals surface area contributed by atoms with Crippen LogP contribution in [0.5, 0.6) is 0 Å². The first-order chi connectivity index (χ1) is 6.98. The summed E-state index contributed by atoms with van der Waals surface area (Å²) in [7, 11) is 0. The number of hydrogen-bond acceptors (Lipinski definition) is 3. The highest BCUT2D eigenvalue weighted by atomic mass is 79.9. The molecule has 80 valence electrons. The van der Waals surface area contributed by atoms with Gasteiger partial charge in [0.1, 0.15) is 0 Å². The Kier molecular flexibility index (Phi) is 2.56. The Morgan fingerprint density at radius 1 is 1.27 bits per heavy atom. The summed E-state index contributed by atoms with van der Waals surface area (Å²) in [5, 5.41) is 0. The number of halogens is 1. The number of ether oxygens (including phenoxy) is 2. The van der Waals surface area contributed by atoms with Crippen molar-refractivity contribution in [2.75, 3.05) is 0 Å². The topological polar surface area (TPSA) is 35.5 Å². The highest BCUT2D eigenvalue weighted by Crippen LogP contribution is 2.34. The molecule has 15 heavy (non-hydrogen) atoms. The van der Waals surface area contributed by atoms with Crippen LogP contribution in [-0.2, 0) is 14.3 Å². The first-order valence-corrected chi connectivity index (χ1v) is 5.43. The Hall–Kier alpha value is -0.870. The number of cyclic esters (lactones) is 1. The van der Waals surface area contributed by atoms with E-state index in [1.54, 1.807) is 13.8 Å². The van der Waals surface area contributed by atoms with E-state index >= 15 is 0 Å². The molecule has 0 aromatic heterocycles. The van der Waals surface area contributed by atoms with Gasteiger partial charge in [-0.1, -0.05) is 28.1 Å². The van der Waals surface area contributed by atoms with Crippen LogP contribution in [0.2, 0.25) is 0 Å². The molecule has 1 aliphatic rings. The Labute approximate surface area is 96.5 Å². The van der Waals surface area contributed by atoms with Crippen molar-refractivity contribution in [2.24, 2.45) is 0 Å². The molecule has 4 heteroatoms. The van der Waals surface area contributed by atoms with E-state index in [-0.39, 0.29) is 5.97 Å². The minimum Gasteiger partial charge on any atom is -0.431 e. The van der Waals surface area contributed by atoms with Crippen LogP contribution < -0.4 is 0 Å². The molecule has 0 radical (unpaired) electrons. The van der Waals surface area contributed by atoms with Crippen molar-refractivity contribution in [3.63, 3.8) is 0 Å². The molecule has 0 bridgehead atoms. The van der Waals surface area contributed by atoms with E-state index in [9.17, 15) is 4.79 Å². The second-order valence-corrected chi connectivity index (χ2v) is 4.79. The van der Waals surface area contributed by atoms with Crippen LogP contribution in [0.3, 0.4) is 0 Å². The number of carbonyl (C=O) groups is 1. The fourth-order valence-electron chi connectivity index (χ4n) is 1.49. The quantitative estimate of drug-likeness (QED) is 0.737. The molecule has 0 amide bonds. The van der Waals surface area contributed by atoms with Crippen molar-refractivity contribution in [1.82, 2.24) is 0 Å². The molecule has 1 aromatic rings. The third-order valence-electron chi connectivity index (χ3n) is 2.13. The zero-order chi connectivity index (χ0) is 11.1. The number of benzene rings is 1. The van der Waals surface area contributed by atoms with E-state index in [4.69, 9.17) is 9.47 Å². The van der Waals surface area contributed by atoms with Gasteiger partial charge in [0, 0.05) is 18.3 Å². The van der Waals surface area contributed by atoms with Crippen LogP contribution in [0.25, 0.3) is 0 Å². The molecular formula is C11H11BrO3. The Balaban J connectivity index is 2.25. The van der Waals surface area contributed by atoms with Gasteiger partial charge in [0.25, 0.3) is 0 Å². The molecule has 0 saturated carbocycles. The zero-order valence-electron chi connectivity index (χ0n) is 8.49. The van der Waals surface area contributed by atoms with E-state index in [0.717, 1.165) is 10.0 Å². The average molecular weight is 271 g/mol. The summed E-state index contributed by atoms with van der Waals surface area (Å²) < 4.78 is 11.5. The van der Waals surface area contributed by atoms with E-state index in [1.165, 1.54) is 0 Å². The molecule has 0 aliphatic carbocycles. The largest absolute Gasteiger partial charge is 0.431 e. The molecular weight excluding hydrogens is 260 g/mol. The normalized spacial score (nSPS) is 23.9. The predicted molar refractivity (Wildman–Crippen MR) is 58.1 cm³/mol. The maximum atomic E-state index is 11.5. The molecule has 1 saturated heterocycles. The molecule has 1 heterocycles. The molecule has 0 N–H and O–H groups in total.